The van der Waals surface area contributed by atoms with Gasteiger partial charge in [0.05, 0.1) is 11.0 Å². The maximum Gasteiger partial charge on any atom is 0.227 e. The Balaban J connectivity index is 1.47. The van der Waals surface area contributed by atoms with Crippen molar-refractivity contribution in [2.24, 2.45) is 0 Å². The predicted octanol–water partition coefficient (Wildman–Crippen LogP) is 5.45. The molecule has 1 aliphatic heterocycles. The zero-order valence-electron chi connectivity index (χ0n) is 16.5. The Kier molecular flexibility index (Phi) is 5.01. The van der Waals surface area contributed by atoms with Gasteiger partial charge in [0.2, 0.25) is 5.91 Å². The molecule has 150 valence electrons. The molecule has 1 aromatic heterocycles. The van der Waals surface area contributed by atoms with Crippen LogP contribution in [0.5, 0.6) is 0 Å². The molecule has 5 heteroatoms. The minimum atomic E-state index is 0.0552. The highest BCUT2D eigenvalue weighted by Crippen LogP contribution is 2.34. The average Bonchev–Trinajstić information content (AvgIpc) is 3.33. The van der Waals surface area contributed by atoms with Crippen LogP contribution in [0, 0.1) is 0 Å². The van der Waals surface area contributed by atoms with Crippen molar-refractivity contribution < 1.29 is 4.79 Å². The number of rotatable bonds is 5. The minimum Gasteiger partial charge on any atom is -0.327 e. The topological polar surface area (TPSA) is 38.1 Å². The molecule has 4 aromatic rings. The van der Waals surface area contributed by atoms with Gasteiger partial charge in [-0.15, -0.1) is 0 Å². The summed E-state index contributed by atoms with van der Waals surface area (Å²) in [5.41, 5.74) is 4.25. The van der Waals surface area contributed by atoms with Crippen LogP contribution in [0.25, 0.3) is 11.0 Å². The first kappa shape index (κ1) is 18.9. The van der Waals surface area contributed by atoms with Crippen LogP contribution in [-0.2, 0) is 17.8 Å². The number of carbonyl (C=O) groups excluding carboxylic acids is 1. The van der Waals surface area contributed by atoms with Crippen molar-refractivity contribution in [1.29, 1.82) is 0 Å². The Labute approximate surface area is 180 Å². The Morgan fingerprint density at radius 1 is 0.967 bits per heavy atom. The highest BCUT2D eigenvalue weighted by Gasteiger charge is 2.34. The van der Waals surface area contributed by atoms with E-state index in [1.807, 2.05) is 53.4 Å². The van der Waals surface area contributed by atoms with Gasteiger partial charge in [-0.1, -0.05) is 60.1 Å². The molecule has 2 heterocycles. The fourth-order valence-corrected chi connectivity index (χ4v) is 4.48. The first-order valence-electron chi connectivity index (χ1n) is 10.2. The van der Waals surface area contributed by atoms with Crippen LogP contribution >= 0.6 is 11.6 Å². The van der Waals surface area contributed by atoms with Crippen LogP contribution < -0.4 is 4.90 Å². The van der Waals surface area contributed by atoms with Gasteiger partial charge in [0.1, 0.15) is 5.82 Å². The van der Waals surface area contributed by atoms with Gasteiger partial charge >= 0.3 is 0 Å². The van der Waals surface area contributed by atoms with Gasteiger partial charge in [-0.05, 0) is 42.3 Å². The van der Waals surface area contributed by atoms with E-state index in [2.05, 4.69) is 34.9 Å². The Bertz CT molecular complexity index is 1200. The van der Waals surface area contributed by atoms with E-state index in [1.54, 1.807) is 0 Å². The third-order valence-corrected chi connectivity index (χ3v) is 6.00. The van der Waals surface area contributed by atoms with Crippen LogP contribution in [0.3, 0.4) is 0 Å². The van der Waals surface area contributed by atoms with Crippen molar-refractivity contribution in [1.82, 2.24) is 9.55 Å². The number of imidazole rings is 1. The second-order valence-electron chi connectivity index (χ2n) is 7.73. The van der Waals surface area contributed by atoms with Crippen molar-refractivity contribution >= 4 is 34.2 Å². The number of aryl methyl sites for hydroxylation is 2. The van der Waals surface area contributed by atoms with E-state index in [-0.39, 0.29) is 11.8 Å². The summed E-state index contributed by atoms with van der Waals surface area (Å²) in [5, 5.41) is 0.638. The van der Waals surface area contributed by atoms with Crippen LogP contribution in [-0.4, -0.2) is 22.0 Å². The van der Waals surface area contributed by atoms with Crippen LogP contribution in [0.2, 0.25) is 5.02 Å². The molecule has 30 heavy (non-hydrogen) atoms. The normalized spacial score (nSPS) is 16.5. The molecule has 0 spiro atoms. The number of hydrogen-bond donors (Lipinski definition) is 0. The zero-order valence-corrected chi connectivity index (χ0v) is 17.3. The Morgan fingerprint density at radius 2 is 1.77 bits per heavy atom. The molecule has 0 saturated carbocycles. The smallest absolute Gasteiger partial charge is 0.227 e. The van der Waals surface area contributed by atoms with Gasteiger partial charge in [0, 0.05) is 36.1 Å². The summed E-state index contributed by atoms with van der Waals surface area (Å²) >= 11 is 6.15. The predicted molar refractivity (Wildman–Crippen MR) is 121 cm³/mol. The molecule has 0 unspecified atom stereocenters. The quantitative estimate of drug-likeness (QED) is 0.434. The van der Waals surface area contributed by atoms with E-state index in [0.29, 0.717) is 18.0 Å². The number of benzene rings is 3. The average molecular weight is 416 g/mol. The SMILES string of the molecule is O=C1C[C@@H](c2nc3ccccc3n2CCc2ccccc2)CN1c1cccc(Cl)c1. The molecule has 1 amide bonds. The summed E-state index contributed by atoms with van der Waals surface area (Å²) in [6.45, 7) is 1.45. The first-order valence-corrected chi connectivity index (χ1v) is 10.6. The second kappa shape index (κ2) is 7.96. The van der Waals surface area contributed by atoms with Crippen molar-refractivity contribution in [3.63, 3.8) is 0 Å². The van der Waals surface area contributed by atoms with E-state index in [4.69, 9.17) is 16.6 Å². The van der Waals surface area contributed by atoms with Crippen molar-refractivity contribution in [3.8, 4) is 0 Å². The van der Waals surface area contributed by atoms with Crippen LogP contribution in [0.15, 0.2) is 78.9 Å². The Morgan fingerprint density at radius 3 is 2.60 bits per heavy atom. The van der Waals surface area contributed by atoms with Gasteiger partial charge < -0.3 is 9.47 Å². The number of amides is 1. The number of fused-ring (bicyclic) bond motifs is 1. The summed E-state index contributed by atoms with van der Waals surface area (Å²) in [5.74, 6) is 1.16. The van der Waals surface area contributed by atoms with E-state index >= 15 is 0 Å². The van der Waals surface area contributed by atoms with E-state index in [9.17, 15) is 4.79 Å². The minimum absolute atomic E-state index is 0.0552. The monoisotopic (exact) mass is 415 g/mol. The summed E-state index contributed by atoms with van der Waals surface area (Å²) in [6.07, 6.45) is 1.38. The van der Waals surface area contributed by atoms with Crippen molar-refractivity contribution in [2.75, 3.05) is 11.4 Å². The number of carbonyl (C=O) groups is 1. The molecule has 0 bridgehead atoms. The van der Waals surface area contributed by atoms with Crippen molar-refractivity contribution in [3.05, 3.63) is 95.3 Å². The molecule has 1 saturated heterocycles. The lowest BCUT2D eigenvalue weighted by molar-refractivity contribution is -0.117. The molecule has 1 aliphatic rings. The number of para-hydroxylation sites is 2. The molecule has 4 nitrogen and oxygen atoms in total. The number of hydrogen-bond acceptors (Lipinski definition) is 2. The lowest BCUT2D eigenvalue weighted by Gasteiger charge is -2.17. The summed E-state index contributed by atoms with van der Waals surface area (Å²) in [4.78, 5) is 19.6. The molecule has 1 atom stereocenters. The molecule has 0 N–H and O–H groups in total. The van der Waals surface area contributed by atoms with E-state index < -0.39 is 0 Å². The maximum absolute atomic E-state index is 12.8. The fraction of sp³-hybridized carbons (Fsp3) is 0.200. The molecule has 1 fully saturated rings. The lowest BCUT2D eigenvalue weighted by Crippen LogP contribution is -2.24. The highest BCUT2D eigenvalue weighted by molar-refractivity contribution is 6.30. The largest absolute Gasteiger partial charge is 0.327 e. The lowest BCUT2D eigenvalue weighted by atomic mass is 10.1. The maximum atomic E-state index is 12.8. The third kappa shape index (κ3) is 3.59. The highest BCUT2D eigenvalue weighted by atomic mass is 35.5. The molecular weight excluding hydrogens is 394 g/mol. The number of anilines is 1. The summed E-state index contributed by atoms with van der Waals surface area (Å²) < 4.78 is 2.29. The number of aromatic nitrogens is 2. The van der Waals surface area contributed by atoms with Gasteiger partial charge in [-0.2, -0.15) is 0 Å². The second-order valence-corrected chi connectivity index (χ2v) is 8.17. The van der Waals surface area contributed by atoms with Gasteiger partial charge in [0.15, 0.2) is 0 Å². The van der Waals surface area contributed by atoms with E-state index in [1.165, 1.54) is 5.56 Å². The van der Waals surface area contributed by atoms with Gasteiger partial charge in [-0.3, -0.25) is 4.79 Å². The molecule has 5 rings (SSSR count). The Hall–Kier alpha value is -3.11. The van der Waals surface area contributed by atoms with Gasteiger partial charge in [0.25, 0.3) is 0 Å². The summed E-state index contributed by atoms with van der Waals surface area (Å²) in [7, 11) is 0. The summed E-state index contributed by atoms with van der Waals surface area (Å²) in [6, 6.07) is 26.2. The van der Waals surface area contributed by atoms with Crippen LogP contribution in [0.4, 0.5) is 5.69 Å². The van der Waals surface area contributed by atoms with Gasteiger partial charge in [-0.25, -0.2) is 4.98 Å². The molecule has 3 aromatic carbocycles. The zero-order chi connectivity index (χ0) is 20.5. The number of nitrogens with zero attached hydrogens (tertiary/aromatic N) is 3. The van der Waals surface area contributed by atoms with E-state index in [0.717, 1.165) is 35.5 Å². The van der Waals surface area contributed by atoms with Crippen LogP contribution in [0.1, 0.15) is 23.7 Å². The first-order chi connectivity index (χ1) is 14.7. The molecule has 0 aliphatic carbocycles. The standard InChI is InChI=1S/C25H22ClN3O/c26-20-9-6-10-21(16-20)29-17-19(15-24(29)30)25-27-22-11-4-5-12-23(22)28(25)14-13-18-7-2-1-3-8-18/h1-12,16,19H,13-15,17H2/t19-/m1/s1. The fourth-order valence-electron chi connectivity index (χ4n) is 4.30. The number of halogens is 1. The molecule has 0 radical (unpaired) electrons. The molecular formula is C25H22ClN3O. The third-order valence-electron chi connectivity index (χ3n) is 5.76. The van der Waals surface area contributed by atoms with Crippen molar-refractivity contribution in [2.45, 2.75) is 25.3 Å².